The van der Waals surface area contributed by atoms with E-state index in [1.165, 1.54) is 24.8 Å². The lowest BCUT2D eigenvalue weighted by molar-refractivity contribution is 0.473. The van der Waals surface area contributed by atoms with Crippen LogP contribution >= 0.6 is 27.5 Å². The molecule has 1 nitrogen and oxygen atoms in total. The van der Waals surface area contributed by atoms with E-state index in [2.05, 4.69) is 47.2 Å². The van der Waals surface area contributed by atoms with E-state index < -0.39 is 0 Å². The summed E-state index contributed by atoms with van der Waals surface area (Å²) < 4.78 is 1.04. The fraction of sp³-hybridized carbons (Fsp3) is 0.571. The summed E-state index contributed by atoms with van der Waals surface area (Å²) in [4.78, 5) is 0. The Balaban J connectivity index is 2.64. The average molecular weight is 319 g/mol. The lowest BCUT2D eigenvalue weighted by atomic mass is 10.0. The van der Waals surface area contributed by atoms with Gasteiger partial charge in [0.15, 0.2) is 0 Å². The molecule has 0 radical (unpaired) electrons. The van der Waals surface area contributed by atoms with Crippen LogP contribution in [0.15, 0.2) is 22.7 Å². The normalized spacial score (nSPS) is 12.7. The Kier molecular flexibility index (Phi) is 7.17. The van der Waals surface area contributed by atoms with Crippen molar-refractivity contribution in [1.29, 1.82) is 0 Å². The molecule has 0 aliphatic heterocycles. The number of benzene rings is 1. The fourth-order valence-electron chi connectivity index (χ4n) is 1.97. The maximum atomic E-state index is 6.25. The third-order valence-corrected chi connectivity index (χ3v) is 3.73. The van der Waals surface area contributed by atoms with Gasteiger partial charge in [-0.3, -0.25) is 0 Å². The van der Waals surface area contributed by atoms with Crippen LogP contribution in [0.5, 0.6) is 0 Å². The molecule has 0 aliphatic carbocycles. The van der Waals surface area contributed by atoms with Gasteiger partial charge in [-0.25, -0.2) is 0 Å². The number of unbranched alkanes of at least 4 members (excludes halogenated alkanes) is 1. The first-order chi connectivity index (χ1) is 8.17. The SMILES string of the molecule is CCCCC(Cc1ccc(Br)cc1Cl)NCC. The van der Waals surface area contributed by atoms with Crippen molar-refractivity contribution >= 4 is 27.5 Å². The molecule has 1 aromatic rings. The molecule has 1 atom stereocenters. The maximum Gasteiger partial charge on any atom is 0.0449 e. The molecule has 0 aliphatic rings. The van der Waals surface area contributed by atoms with Gasteiger partial charge < -0.3 is 5.32 Å². The smallest absolute Gasteiger partial charge is 0.0449 e. The Labute approximate surface area is 118 Å². The van der Waals surface area contributed by atoms with Crippen LogP contribution < -0.4 is 5.32 Å². The highest BCUT2D eigenvalue weighted by atomic mass is 79.9. The molecule has 1 N–H and O–H groups in total. The van der Waals surface area contributed by atoms with Gasteiger partial charge in [-0.15, -0.1) is 0 Å². The van der Waals surface area contributed by atoms with Crippen LogP contribution in [-0.4, -0.2) is 12.6 Å². The predicted octanol–water partition coefficient (Wildman–Crippen LogP) is 4.81. The van der Waals surface area contributed by atoms with Crippen LogP contribution in [0, 0.1) is 0 Å². The van der Waals surface area contributed by atoms with Gasteiger partial charge in [0.25, 0.3) is 0 Å². The van der Waals surface area contributed by atoms with Crippen molar-refractivity contribution in [3.05, 3.63) is 33.3 Å². The van der Waals surface area contributed by atoms with E-state index >= 15 is 0 Å². The quantitative estimate of drug-likeness (QED) is 0.760. The second kappa shape index (κ2) is 8.12. The zero-order valence-corrected chi connectivity index (χ0v) is 12.9. The van der Waals surface area contributed by atoms with E-state index in [0.29, 0.717) is 6.04 Å². The molecule has 0 bridgehead atoms. The lowest BCUT2D eigenvalue weighted by Gasteiger charge is -2.18. The summed E-state index contributed by atoms with van der Waals surface area (Å²) in [7, 11) is 0. The maximum absolute atomic E-state index is 6.25. The largest absolute Gasteiger partial charge is 0.314 e. The van der Waals surface area contributed by atoms with Gasteiger partial charge in [0.2, 0.25) is 0 Å². The van der Waals surface area contributed by atoms with E-state index in [1.54, 1.807) is 0 Å². The standard InChI is InChI=1S/C14H21BrClN/c1-3-5-6-13(17-4-2)9-11-7-8-12(15)10-14(11)16/h7-8,10,13,17H,3-6,9H2,1-2H3. The molecule has 1 unspecified atom stereocenters. The van der Waals surface area contributed by atoms with E-state index in [9.17, 15) is 0 Å². The van der Waals surface area contributed by atoms with Crippen molar-refractivity contribution in [1.82, 2.24) is 5.32 Å². The first-order valence-electron chi connectivity index (χ1n) is 6.34. The van der Waals surface area contributed by atoms with E-state index in [0.717, 1.165) is 22.5 Å². The van der Waals surface area contributed by atoms with Gasteiger partial charge in [0.1, 0.15) is 0 Å². The van der Waals surface area contributed by atoms with Crippen LogP contribution in [0.2, 0.25) is 5.02 Å². The number of rotatable bonds is 7. The highest BCUT2D eigenvalue weighted by molar-refractivity contribution is 9.10. The molecule has 17 heavy (non-hydrogen) atoms. The van der Waals surface area contributed by atoms with E-state index in [-0.39, 0.29) is 0 Å². The number of likely N-dealkylation sites (N-methyl/N-ethyl adjacent to an activating group) is 1. The molecular weight excluding hydrogens is 298 g/mol. The van der Waals surface area contributed by atoms with Crippen LogP contribution in [0.3, 0.4) is 0 Å². The van der Waals surface area contributed by atoms with Crippen molar-refractivity contribution in [2.45, 2.75) is 45.6 Å². The van der Waals surface area contributed by atoms with Gasteiger partial charge in [-0.1, -0.05) is 60.3 Å². The second-order valence-electron chi connectivity index (χ2n) is 4.34. The monoisotopic (exact) mass is 317 g/mol. The van der Waals surface area contributed by atoms with Crippen molar-refractivity contribution in [2.75, 3.05) is 6.54 Å². The molecule has 0 spiro atoms. The number of hydrogen-bond acceptors (Lipinski definition) is 1. The fourth-order valence-corrected chi connectivity index (χ4v) is 2.72. The lowest BCUT2D eigenvalue weighted by Crippen LogP contribution is -2.31. The topological polar surface area (TPSA) is 12.0 Å². The van der Waals surface area contributed by atoms with Gasteiger partial charge in [0.05, 0.1) is 0 Å². The number of nitrogens with one attached hydrogen (secondary N) is 1. The first kappa shape index (κ1) is 15.0. The van der Waals surface area contributed by atoms with Crippen LogP contribution in [0.25, 0.3) is 0 Å². The summed E-state index contributed by atoms with van der Waals surface area (Å²) in [5.41, 5.74) is 1.23. The van der Waals surface area contributed by atoms with Crippen molar-refractivity contribution < 1.29 is 0 Å². The Bertz CT molecular complexity index is 341. The molecule has 0 saturated heterocycles. The molecule has 0 saturated carbocycles. The highest BCUT2D eigenvalue weighted by Gasteiger charge is 2.10. The second-order valence-corrected chi connectivity index (χ2v) is 5.66. The molecule has 0 aromatic heterocycles. The highest BCUT2D eigenvalue weighted by Crippen LogP contribution is 2.23. The van der Waals surface area contributed by atoms with Crippen LogP contribution in [0.4, 0.5) is 0 Å². The summed E-state index contributed by atoms with van der Waals surface area (Å²) >= 11 is 9.69. The van der Waals surface area contributed by atoms with Crippen molar-refractivity contribution in [3.63, 3.8) is 0 Å². The summed E-state index contributed by atoms with van der Waals surface area (Å²) in [5, 5.41) is 4.40. The molecular formula is C14H21BrClN. The minimum atomic E-state index is 0.540. The predicted molar refractivity (Wildman–Crippen MR) is 79.8 cm³/mol. The van der Waals surface area contributed by atoms with E-state index in [1.807, 2.05) is 6.07 Å². The third kappa shape index (κ3) is 5.41. The van der Waals surface area contributed by atoms with E-state index in [4.69, 9.17) is 11.6 Å². The summed E-state index contributed by atoms with van der Waals surface area (Å²) in [6.45, 7) is 5.40. The van der Waals surface area contributed by atoms with Crippen LogP contribution in [0.1, 0.15) is 38.7 Å². The summed E-state index contributed by atoms with van der Waals surface area (Å²) in [5.74, 6) is 0. The molecule has 1 aromatic carbocycles. The number of halogens is 2. The molecule has 3 heteroatoms. The van der Waals surface area contributed by atoms with Crippen LogP contribution in [-0.2, 0) is 6.42 Å². The molecule has 1 rings (SSSR count). The first-order valence-corrected chi connectivity index (χ1v) is 7.51. The summed E-state index contributed by atoms with van der Waals surface area (Å²) in [6, 6.07) is 6.69. The Morgan fingerprint density at radius 3 is 2.71 bits per heavy atom. The third-order valence-electron chi connectivity index (χ3n) is 2.88. The Morgan fingerprint density at radius 2 is 2.12 bits per heavy atom. The molecule has 0 heterocycles. The minimum absolute atomic E-state index is 0.540. The zero-order chi connectivity index (χ0) is 12.7. The molecule has 0 amide bonds. The van der Waals surface area contributed by atoms with Gasteiger partial charge in [-0.2, -0.15) is 0 Å². The van der Waals surface area contributed by atoms with Gasteiger partial charge in [0, 0.05) is 15.5 Å². The average Bonchev–Trinajstić information content (AvgIpc) is 2.29. The Hall–Kier alpha value is -0.0500. The zero-order valence-electron chi connectivity index (χ0n) is 10.6. The molecule has 0 fully saturated rings. The van der Waals surface area contributed by atoms with Crippen molar-refractivity contribution in [2.24, 2.45) is 0 Å². The van der Waals surface area contributed by atoms with Gasteiger partial charge >= 0.3 is 0 Å². The van der Waals surface area contributed by atoms with Gasteiger partial charge in [-0.05, 0) is 37.1 Å². The van der Waals surface area contributed by atoms with Crippen molar-refractivity contribution in [3.8, 4) is 0 Å². The minimum Gasteiger partial charge on any atom is -0.314 e. The number of hydrogen-bond donors (Lipinski definition) is 1. The summed E-state index contributed by atoms with van der Waals surface area (Å²) in [6.07, 6.45) is 4.75. The Morgan fingerprint density at radius 1 is 1.35 bits per heavy atom. The molecule has 96 valence electrons.